The molecule has 0 aromatic heterocycles. The van der Waals surface area contributed by atoms with E-state index in [4.69, 9.17) is 4.74 Å². The molecular formula is C20H31N3O2. The maximum absolute atomic E-state index is 12.2. The first-order valence-corrected chi connectivity index (χ1v) is 9.57. The summed E-state index contributed by atoms with van der Waals surface area (Å²) in [5, 5.41) is 0. The molecular weight excluding hydrogens is 314 g/mol. The third kappa shape index (κ3) is 5.72. The standard InChI is InChI=1S/C20H31N3O2/c1-21-10-7-18(8-11-21)9-12-22-13-15-23(16-14-22)20(24)25-17-19-5-3-2-4-6-19/h2-6,18H,7-17H2,1H3. The van der Waals surface area contributed by atoms with E-state index < -0.39 is 0 Å². The van der Waals surface area contributed by atoms with Crippen molar-refractivity contribution in [2.45, 2.75) is 25.9 Å². The quantitative estimate of drug-likeness (QED) is 0.822. The Morgan fingerprint density at radius 3 is 2.40 bits per heavy atom. The Balaban J connectivity index is 1.32. The lowest BCUT2D eigenvalue weighted by Crippen LogP contribution is -2.49. The van der Waals surface area contributed by atoms with Crippen molar-refractivity contribution in [3.05, 3.63) is 35.9 Å². The number of hydrogen-bond acceptors (Lipinski definition) is 4. The lowest BCUT2D eigenvalue weighted by molar-refractivity contribution is 0.0692. The molecule has 0 saturated carbocycles. The van der Waals surface area contributed by atoms with E-state index in [9.17, 15) is 4.79 Å². The van der Waals surface area contributed by atoms with Crippen LogP contribution in [0.5, 0.6) is 0 Å². The first-order chi connectivity index (χ1) is 12.2. The Bertz CT molecular complexity index is 521. The molecule has 2 heterocycles. The fraction of sp³-hybridized carbons (Fsp3) is 0.650. The van der Waals surface area contributed by atoms with Crippen LogP contribution in [0.3, 0.4) is 0 Å². The van der Waals surface area contributed by atoms with Crippen LogP contribution in [-0.4, -0.2) is 73.7 Å². The van der Waals surface area contributed by atoms with Crippen LogP contribution in [0.4, 0.5) is 4.79 Å². The molecule has 1 aromatic carbocycles. The molecule has 0 bridgehead atoms. The van der Waals surface area contributed by atoms with Crippen molar-refractivity contribution >= 4 is 6.09 Å². The van der Waals surface area contributed by atoms with Gasteiger partial charge in [0.15, 0.2) is 0 Å². The number of hydrogen-bond donors (Lipinski definition) is 0. The Morgan fingerprint density at radius 2 is 1.72 bits per heavy atom. The number of rotatable bonds is 5. The van der Waals surface area contributed by atoms with Crippen molar-refractivity contribution in [2.75, 3.05) is 52.9 Å². The van der Waals surface area contributed by atoms with E-state index >= 15 is 0 Å². The van der Waals surface area contributed by atoms with Crippen molar-refractivity contribution in [3.8, 4) is 0 Å². The van der Waals surface area contributed by atoms with E-state index in [1.54, 1.807) is 0 Å². The van der Waals surface area contributed by atoms with E-state index in [1.807, 2.05) is 35.2 Å². The van der Waals surface area contributed by atoms with Crippen molar-refractivity contribution in [1.29, 1.82) is 0 Å². The summed E-state index contributed by atoms with van der Waals surface area (Å²) in [6, 6.07) is 9.86. The third-order valence-electron chi connectivity index (χ3n) is 5.53. The van der Waals surface area contributed by atoms with Crippen LogP contribution in [0.25, 0.3) is 0 Å². The number of carbonyl (C=O) groups excluding carboxylic acids is 1. The minimum atomic E-state index is -0.182. The van der Waals surface area contributed by atoms with Crippen LogP contribution < -0.4 is 0 Å². The Labute approximate surface area is 151 Å². The number of carbonyl (C=O) groups is 1. The van der Waals surface area contributed by atoms with Crippen LogP contribution in [0.2, 0.25) is 0 Å². The summed E-state index contributed by atoms with van der Waals surface area (Å²) in [4.78, 5) is 19.0. The molecule has 2 saturated heterocycles. The highest BCUT2D eigenvalue weighted by Crippen LogP contribution is 2.20. The van der Waals surface area contributed by atoms with Gasteiger partial charge in [-0.2, -0.15) is 0 Å². The normalized spacial score (nSPS) is 20.6. The number of piperazine rings is 1. The predicted molar refractivity (Wildman–Crippen MR) is 99.5 cm³/mol. The molecule has 0 N–H and O–H groups in total. The van der Waals surface area contributed by atoms with Gasteiger partial charge in [0.25, 0.3) is 0 Å². The topological polar surface area (TPSA) is 36.0 Å². The van der Waals surface area contributed by atoms with Gasteiger partial charge in [-0.15, -0.1) is 0 Å². The monoisotopic (exact) mass is 345 g/mol. The lowest BCUT2D eigenvalue weighted by Gasteiger charge is -2.35. The third-order valence-corrected chi connectivity index (χ3v) is 5.53. The molecule has 5 heteroatoms. The average Bonchev–Trinajstić information content (AvgIpc) is 2.67. The minimum absolute atomic E-state index is 0.182. The Hall–Kier alpha value is -1.59. The summed E-state index contributed by atoms with van der Waals surface area (Å²) < 4.78 is 5.43. The van der Waals surface area contributed by atoms with Crippen molar-refractivity contribution in [3.63, 3.8) is 0 Å². The summed E-state index contributed by atoms with van der Waals surface area (Å²) >= 11 is 0. The number of nitrogens with zero attached hydrogens (tertiary/aromatic N) is 3. The maximum atomic E-state index is 12.2. The SMILES string of the molecule is CN1CCC(CCN2CCN(C(=O)OCc3ccccc3)CC2)CC1. The van der Waals surface area contributed by atoms with Gasteiger partial charge >= 0.3 is 6.09 Å². The molecule has 5 nitrogen and oxygen atoms in total. The molecule has 0 aliphatic carbocycles. The molecule has 2 fully saturated rings. The molecule has 2 aliphatic heterocycles. The summed E-state index contributed by atoms with van der Waals surface area (Å²) in [5.41, 5.74) is 1.03. The molecule has 0 spiro atoms. The second-order valence-corrected chi connectivity index (χ2v) is 7.40. The van der Waals surface area contributed by atoms with E-state index in [1.165, 1.54) is 38.9 Å². The highest BCUT2D eigenvalue weighted by molar-refractivity contribution is 5.67. The summed E-state index contributed by atoms with van der Waals surface area (Å²) in [6.45, 7) is 7.50. The summed E-state index contributed by atoms with van der Waals surface area (Å²) in [6.07, 6.45) is 3.79. The van der Waals surface area contributed by atoms with Crippen LogP contribution in [0.1, 0.15) is 24.8 Å². The Morgan fingerprint density at radius 1 is 1.04 bits per heavy atom. The first kappa shape index (κ1) is 18.2. The van der Waals surface area contributed by atoms with Gasteiger partial charge in [0.2, 0.25) is 0 Å². The molecule has 138 valence electrons. The molecule has 0 unspecified atom stereocenters. The van der Waals surface area contributed by atoms with E-state index in [-0.39, 0.29) is 6.09 Å². The van der Waals surface area contributed by atoms with Crippen LogP contribution in [0.15, 0.2) is 30.3 Å². The van der Waals surface area contributed by atoms with Crippen LogP contribution >= 0.6 is 0 Å². The number of likely N-dealkylation sites (tertiary alicyclic amines) is 1. The summed E-state index contributed by atoms with van der Waals surface area (Å²) in [7, 11) is 2.21. The molecule has 1 aromatic rings. The van der Waals surface area contributed by atoms with Gasteiger partial charge in [-0.3, -0.25) is 4.90 Å². The van der Waals surface area contributed by atoms with Gasteiger partial charge in [0.1, 0.15) is 6.61 Å². The Kier molecular flexibility index (Phi) is 6.70. The zero-order chi connectivity index (χ0) is 17.5. The number of amides is 1. The summed E-state index contributed by atoms with van der Waals surface area (Å²) in [5.74, 6) is 0.880. The van der Waals surface area contributed by atoms with Gasteiger partial charge < -0.3 is 14.5 Å². The lowest BCUT2D eigenvalue weighted by atomic mass is 9.93. The molecule has 1 amide bonds. The molecule has 0 atom stereocenters. The largest absolute Gasteiger partial charge is 0.445 e. The zero-order valence-electron chi connectivity index (χ0n) is 15.4. The van der Waals surface area contributed by atoms with E-state index in [0.717, 1.165) is 37.7 Å². The molecule has 3 rings (SSSR count). The van der Waals surface area contributed by atoms with Crippen molar-refractivity contribution in [1.82, 2.24) is 14.7 Å². The fourth-order valence-electron chi connectivity index (χ4n) is 3.68. The zero-order valence-corrected chi connectivity index (χ0v) is 15.4. The van der Waals surface area contributed by atoms with Crippen LogP contribution in [-0.2, 0) is 11.3 Å². The number of piperidine rings is 1. The van der Waals surface area contributed by atoms with Crippen LogP contribution in [0, 0.1) is 5.92 Å². The molecule has 0 radical (unpaired) electrons. The predicted octanol–water partition coefficient (Wildman–Crippen LogP) is 2.67. The fourth-order valence-corrected chi connectivity index (χ4v) is 3.68. The highest BCUT2D eigenvalue weighted by atomic mass is 16.6. The smallest absolute Gasteiger partial charge is 0.410 e. The van der Waals surface area contributed by atoms with Gasteiger partial charge in [-0.1, -0.05) is 30.3 Å². The second kappa shape index (κ2) is 9.20. The average molecular weight is 345 g/mol. The second-order valence-electron chi connectivity index (χ2n) is 7.40. The van der Waals surface area contributed by atoms with E-state index in [2.05, 4.69) is 16.8 Å². The van der Waals surface area contributed by atoms with Gasteiger partial charge in [0.05, 0.1) is 0 Å². The van der Waals surface area contributed by atoms with Gasteiger partial charge in [-0.25, -0.2) is 4.79 Å². The molecule has 25 heavy (non-hydrogen) atoms. The maximum Gasteiger partial charge on any atom is 0.410 e. The van der Waals surface area contributed by atoms with Crippen molar-refractivity contribution in [2.24, 2.45) is 5.92 Å². The van der Waals surface area contributed by atoms with Crippen molar-refractivity contribution < 1.29 is 9.53 Å². The first-order valence-electron chi connectivity index (χ1n) is 9.57. The van der Waals surface area contributed by atoms with Gasteiger partial charge in [-0.05, 0) is 57.4 Å². The number of benzene rings is 1. The molecule has 2 aliphatic rings. The minimum Gasteiger partial charge on any atom is -0.445 e. The van der Waals surface area contributed by atoms with Gasteiger partial charge in [0, 0.05) is 26.2 Å². The number of ether oxygens (including phenoxy) is 1. The highest BCUT2D eigenvalue weighted by Gasteiger charge is 2.23. The van der Waals surface area contributed by atoms with E-state index in [0.29, 0.717) is 6.61 Å².